The second-order valence-electron chi connectivity index (χ2n) is 6.17. The Kier molecular flexibility index (Phi) is 6.88. The van der Waals surface area contributed by atoms with Gasteiger partial charge in [-0.1, -0.05) is 0 Å². The van der Waals surface area contributed by atoms with E-state index in [4.69, 9.17) is 4.74 Å². The number of amides is 1. The number of morpholine rings is 1. The van der Waals surface area contributed by atoms with Crippen molar-refractivity contribution in [3.8, 4) is 0 Å². The molecule has 2 N–H and O–H groups in total. The number of carbonyl (C=O) groups excluding carboxylic acids is 2. The van der Waals surface area contributed by atoms with Gasteiger partial charge >= 0.3 is 5.97 Å². The second kappa shape index (κ2) is 9.77. The van der Waals surface area contributed by atoms with E-state index in [1.165, 1.54) is 13.3 Å². The predicted octanol–water partition coefficient (Wildman–Crippen LogP) is 1.07. The van der Waals surface area contributed by atoms with Gasteiger partial charge in [0.15, 0.2) is 0 Å². The van der Waals surface area contributed by atoms with E-state index in [2.05, 4.69) is 30.2 Å². The number of esters is 1. The van der Waals surface area contributed by atoms with Crippen molar-refractivity contribution in [3.63, 3.8) is 0 Å². The SMILES string of the molecule is COC(=O)c1ccc(Nc2nccc(C(=O)NCCN3CCOCC3)n2)cc1. The molecule has 1 aliphatic rings. The Morgan fingerprint density at radius 1 is 1.18 bits per heavy atom. The Bertz CT molecular complexity index is 806. The molecule has 1 amide bonds. The molecule has 9 nitrogen and oxygen atoms in total. The van der Waals surface area contributed by atoms with E-state index in [0.29, 0.717) is 23.7 Å². The molecule has 2 heterocycles. The van der Waals surface area contributed by atoms with Gasteiger partial charge in [0.1, 0.15) is 5.69 Å². The minimum Gasteiger partial charge on any atom is -0.465 e. The van der Waals surface area contributed by atoms with Crippen molar-refractivity contribution in [1.82, 2.24) is 20.2 Å². The maximum atomic E-state index is 12.3. The number of ether oxygens (including phenoxy) is 2. The number of methoxy groups -OCH3 is 1. The average Bonchev–Trinajstić information content (AvgIpc) is 2.74. The first kappa shape index (κ1) is 19.7. The van der Waals surface area contributed by atoms with Crippen LogP contribution in [0.15, 0.2) is 36.5 Å². The number of nitrogens with zero attached hydrogens (tertiary/aromatic N) is 3. The molecule has 0 bridgehead atoms. The highest BCUT2D eigenvalue weighted by atomic mass is 16.5. The fourth-order valence-electron chi connectivity index (χ4n) is 2.72. The van der Waals surface area contributed by atoms with Crippen molar-refractivity contribution in [1.29, 1.82) is 0 Å². The second-order valence-corrected chi connectivity index (χ2v) is 6.17. The van der Waals surface area contributed by atoms with E-state index in [9.17, 15) is 9.59 Å². The third-order valence-electron chi connectivity index (χ3n) is 4.27. The normalized spacial score (nSPS) is 14.3. The van der Waals surface area contributed by atoms with Crippen LogP contribution in [0.2, 0.25) is 0 Å². The highest BCUT2D eigenvalue weighted by Crippen LogP contribution is 2.14. The molecular weight excluding hydrogens is 362 g/mol. The van der Waals surface area contributed by atoms with E-state index < -0.39 is 5.97 Å². The van der Waals surface area contributed by atoms with Gasteiger partial charge in [0.2, 0.25) is 5.95 Å². The Hall–Kier alpha value is -3.04. The largest absolute Gasteiger partial charge is 0.465 e. The third kappa shape index (κ3) is 5.48. The van der Waals surface area contributed by atoms with Crippen molar-refractivity contribution in [2.24, 2.45) is 0 Å². The summed E-state index contributed by atoms with van der Waals surface area (Å²) in [6.45, 7) is 4.54. The highest BCUT2D eigenvalue weighted by Gasteiger charge is 2.12. The van der Waals surface area contributed by atoms with Crippen LogP contribution in [-0.2, 0) is 9.47 Å². The smallest absolute Gasteiger partial charge is 0.337 e. The molecule has 9 heteroatoms. The summed E-state index contributed by atoms with van der Waals surface area (Å²) in [6, 6.07) is 8.26. The van der Waals surface area contributed by atoms with Gasteiger partial charge in [-0.05, 0) is 30.3 Å². The van der Waals surface area contributed by atoms with Gasteiger partial charge < -0.3 is 20.1 Å². The monoisotopic (exact) mass is 385 g/mol. The summed E-state index contributed by atoms with van der Waals surface area (Å²) in [6.07, 6.45) is 1.52. The van der Waals surface area contributed by atoms with Crippen LogP contribution in [0.3, 0.4) is 0 Å². The number of carbonyl (C=O) groups is 2. The zero-order chi connectivity index (χ0) is 19.8. The quantitative estimate of drug-likeness (QED) is 0.682. The fourth-order valence-corrected chi connectivity index (χ4v) is 2.72. The Balaban J connectivity index is 1.54. The van der Waals surface area contributed by atoms with Crippen molar-refractivity contribution < 1.29 is 19.1 Å². The van der Waals surface area contributed by atoms with Gasteiger partial charge in [-0.2, -0.15) is 0 Å². The molecular formula is C19H23N5O4. The van der Waals surface area contributed by atoms with Gasteiger partial charge in [-0.3, -0.25) is 9.69 Å². The summed E-state index contributed by atoms with van der Waals surface area (Å²) in [4.78, 5) is 34.4. The first-order chi connectivity index (χ1) is 13.7. The van der Waals surface area contributed by atoms with Gasteiger partial charge in [0.05, 0.1) is 25.9 Å². The number of benzene rings is 1. The lowest BCUT2D eigenvalue weighted by atomic mass is 10.2. The Morgan fingerprint density at radius 3 is 2.64 bits per heavy atom. The van der Waals surface area contributed by atoms with Crippen LogP contribution >= 0.6 is 0 Å². The van der Waals surface area contributed by atoms with E-state index in [1.54, 1.807) is 30.3 Å². The summed E-state index contributed by atoms with van der Waals surface area (Å²) in [5.41, 5.74) is 1.42. The summed E-state index contributed by atoms with van der Waals surface area (Å²) in [5, 5.41) is 5.89. The lowest BCUT2D eigenvalue weighted by molar-refractivity contribution is 0.0383. The first-order valence-corrected chi connectivity index (χ1v) is 9.02. The highest BCUT2D eigenvalue weighted by molar-refractivity contribution is 5.92. The Labute approximate surface area is 163 Å². The van der Waals surface area contributed by atoms with Crippen LogP contribution in [0.5, 0.6) is 0 Å². The molecule has 0 saturated carbocycles. The minimum absolute atomic E-state index is 0.250. The molecule has 1 fully saturated rings. The fraction of sp³-hybridized carbons (Fsp3) is 0.368. The first-order valence-electron chi connectivity index (χ1n) is 9.02. The molecule has 1 aliphatic heterocycles. The van der Waals surface area contributed by atoms with Crippen molar-refractivity contribution in [2.75, 3.05) is 51.8 Å². The van der Waals surface area contributed by atoms with E-state index in [0.717, 1.165) is 32.8 Å². The van der Waals surface area contributed by atoms with E-state index >= 15 is 0 Å². The molecule has 3 rings (SSSR count). The molecule has 1 aromatic carbocycles. The van der Waals surface area contributed by atoms with Crippen LogP contribution in [0.1, 0.15) is 20.8 Å². The molecule has 2 aromatic rings. The number of hydrogen-bond acceptors (Lipinski definition) is 8. The van der Waals surface area contributed by atoms with E-state index in [-0.39, 0.29) is 11.6 Å². The van der Waals surface area contributed by atoms with Crippen molar-refractivity contribution >= 4 is 23.5 Å². The minimum atomic E-state index is -0.404. The number of rotatable bonds is 7. The topological polar surface area (TPSA) is 106 Å². The van der Waals surface area contributed by atoms with Crippen molar-refractivity contribution in [3.05, 3.63) is 47.8 Å². The zero-order valence-corrected chi connectivity index (χ0v) is 15.7. The number of nitrogens with one attached hydrogen (secondary N) is 2. The van der Waals surface area contributed by atoms with Gasteiger partial charge in [-0.15, -0.1) is 0 Å². The van der Waals surface area contributed by atoms with Crippen LogP contribution in [0, 0.1) is 0 Å². The standard InChI is InChI=1S/C19H23N5O4/c1-27-18(26)14-2-4-15(5-3-14)22-19-21-7-6-16(23-19)17(25)20-8-9-24-10-12-28-13-11-24/h2-7H,8-13H2,1H3,(H,20,25)(H,21,22,23). The van der Waals surface area contributed by atoms with Crippen LogP contribution in [0.4, 0.5) is 11.6 Å². The molecule has 1 aromatic heterocycles. The van der Waals surface area contributed by atoms with Crippen molar-refractivity contribution in [2.45, 2.75) is 0 Å². The average molecular weight is 385 g/mol. The van der Waals surface area contributed by atoms with Crippen LogP contribution in [-0.4, -0.2) is 73.2 Å². The van der Waals surface area contributed by atoms with Crippen LogP contribution in [0.25, 0.3) is 0 Å². The number of hydrogen-bond donors (Lipinski definition) is 2. The van der Waals surface area contributed by atoms with Crippen LogP contribution < -0.4 is 10.6 Å². The zero-order valence-electron chi connectivity index (χ0n) is 15.7. The Morgan fingerprint density at radius 2 is 1.93 bits per heavy atom. The summed E-state index contributed by atoms with van der Waals surface area (Å²) >= 11 is 0. The molecule has 28 heavy (non-hydrogen) atoms. The van der Waals surface area contributed by atoms with Gasteiger partial charge in [-0.25, -0.2) is 14.8 Å². The molecule has 0 atom stereocenters. The van der Waals surface area contributed by atoms with Gasteiger partial charge in [0.25, 0.3) is 5.91 Å². The number of anilines is 2. The predicted molar refractivity (Wildman–Crippen MR) is 103 cm³/mol. The molecule has 148 valence electrons. The summed E-state index contributed by atoms with van der Waals surface area (Å²) < 4.78 is 9.98. The lowest BCUT2D eigenvalue weighted by Gasteiger charge is -2.26. The molecule has 0 unspecified atom stereocenters. The number of aromatic nitrogens is 2. The van der Waals surface area contributed by atoms with E-state index in [1.807, 2.05) is 0 Å². The summed E-state index contributed by atoms with van der Waals surface area (Å²) in [7, 11) is 1.33. The van der Waals surface area contributed by atoms with Gasteiger partial charge in [0, 0.05) is 38.1 Å². The maximum absolute atomic E-state index is 12.3. The molecule has 0 radical (unpaired) electrons. The lowest BCUT2D eigenvalue weighted by Crippen LogP contribution is -2.41. The maximum Gasteiger partial charge on any atom is 0.337 e. The molecule has 1 saturated heterocycles. The molecule has 0 spiro atoms. The summed E-state index contributed by atoms with van der Waals surface area (Å²) in [5.74, 6) is -0.357. The third-order valence-corrected chi connectivity index (χ3v) is 4.27. The molecule has 0 aliphatic carbocycles.